The number of fused-ring (bicyclic) bond motifs is 1. The molecule has 0 spiro atoms. The maximum absolute atomic E-state index is 12.7. The summed E-state index contributed by atoms with van der Waals surface area (Å²) in [5.74, 6) is 1.45. The summed E-state index contributed by atoms with van der Waals surface area (Å²) in [5, 5.41) is 4.40. The molecule has 8 heteroatoms. The Kier molecular flexibility index (Phi) is 5.02. The van der Waals surface area contributed by atoms with Gasteiger partial charge in [0, 0.05) is 26.6 Å². The quantitative estimate of drug-likeness (QED) is 0.787. The summed E-state index contributed by atoms with van der Waals surface area (Å²) in [6.45, 7) is 1.21. The molecule has 1 aromatic heterocycles. The first-order valence-electron chi connectivity index (χ1n) is 9.32. The van der Waals surface area contributed by atoms with Crippen molar-refractivity contribution in [2.45, 2.75) is 25.4 Å². The summed E-state index contributed by atoms with van der Waals surface area (Å²) in [5.41, 5.74) is 0.987. The maximum Gasteiger partial charge on any atom is 0.273 e. The molecule has 0 aliphatic carbocycles. The van der Waals surface area contributed by atoms with Gasteiger partial charge in [0.05, 0.1) is 23.9 Å². The highest BCUT2D eigenvalue weighted by atomic mass is 35.5. The maximum atomic E-state index is 12.7. The average molecular weight is 404 g/mol. The number of halogens is 1. The number of ether oxygens (including phenoxy) is 2. The molecule has 2 aromatic rings. The molecule has 0 N–H and O–H groups in total. The SMILES string of the molecule is COc1ccc2c(c1)C(=O)C[C@H](C1CCN(C(=O)c3c(Cl)cnn3C)CC1)O2. The van der Waals surface area contributed by atoms with Crippen molar-refractivity contribution in [2.75, 3.05) is 20.2 Å². The topological polar surface area (TPSA) is 73.7 Å². The predicted octanol–water partition coefficient (Wildman–Crippen LogP) is 2.97. The van der Waals surface area contributed by atoms with Gasteiger partial charge in [0.25, 0.3) is 5.91 Å². The Morgan fingerprint density at radius 3 is 2.71 bits per heavy atom. The molecule has 0 unspecified atom stereocenters. The number of methoxy groups -OCH3 is 1. The molecule has 0 saturated carbocycles. The largest absolute Gasteiger partial charge is 0.497 e. The number of Topliss-reactive ketones (excluding diaryl/α,β-unsaturated/α-hetero) is 1. The van der Waals surface area contributed by atoms with Gasteiger partial charge in [-0.25, -0.2) is 0 Å². The van der Waals surface area contributed by atoms with Crippen LogP contribution in [-0.2, 0) is 7.05 Å². The molecule has 28 heavy (non-hydrogen) atoms. The molecule has 1 saturated heterocycles. The summed E-state index contributed by atoms with van der Waals surface area (Å²) < 4.78 is 12.8. The van der Waals surface area contributed by atoms with Gasteiger partial charge >= 0.3 is 0 Å². The monoisotopic (exact) mass is 403 g/mol. The van der Waals surface area contributed by atoms with Crippen LogP contribution < -0.4 is 9.47 Å². The van der Waals surface area contributed by atoms with Gasteiger partial charge in [-0.2, -0.15) is 5.10 Å². The molecule has 3 heterocycles. The number of amides is 1. The van der Waals surface area contributed by atoms with Crippen molar-refractivity contribution >= 4 is 23.3 Å². The molecule has 1 fully saturated rings. The highest BCUT2D eigenvalue weighted by Gasteiger charge is 2.36. The van der Waals surface area contributed by atoms with Crippen molar-refractivity contribution in [3.63, 3.8) is 0 Å². The smallest absolute Gasteiger partial charge is 0.273 e. The van der Waals surface area contributed by atoms with Crippen LogP contribution >= 0.6 is 11.6 Å². The molecule has 1 atom stereocenters. The number of carbonyl (C=O) groups is 2. The number of hydrogen-bond donors (Lipinski definition) is 0. The number of likely N-dealkylation sites (tertiary alicyclic amines) is 1. The number of hydrogen-bond acceptors (Lipinski definition) is 5. The molecule has 1 aromatic carbocycles. The second-order valence-corrected chi connectivity index (χ2v) is 7.65. The number of rotatable bonds is 3. The third-order valence-electron chi connectivity index (χ3n) is 5.60. The first-order chi connectivity index (χ1) is 13.5. The van der Waals surface area contributed by atoms with Gasteiger partial charge in [-0.3, -0.25) is 14.3 Å². The zero-order valence-electron chi connectivity index (χ0n) is 15.9. The molecule has 2 aliphatic heterocycles. The summed E-state index contributed by atoms with van der Waals surface area (Å²) in [6.07, 6.45) is 3.24. The van der Waals surface area contributed by atoms with Crippen molar-refractivity contribution in [2.24, 2.45) is 13.0 Å². The molecule has 1 amide bonds. The van der Waals surface area contributed by atoms with Crippen LogP contribution in [-0.4, -0.2) is 52.7 Å². The standard InChI is InChI=1S/C20H22ClN3O4/c1-23-19(15(21)11-22-23)20(26)24-7-5-12(6-8-24)18-10-16(25)14-9-13(27-2)3-4-17(14)28-18/h3-4,9,11-12,18H,5-8,10H2,1-2H3/t18-/m1/s1. The number of aromatic nitrogens is 2. The molecular weight excluding hydrogens is 382 g/mol. The van der Waals surface area contributed by atoms with Gasteiger partial charge in [-0.05, 0) is 37.0 Å². The average Bonchev–Trinajstić information content (AvgIpc) is 3.05. The van der Waals surface area contributed by atoms with Crippen LogP contribution in [0.25, 0.3) is 0 Å². The van der Waals surface area contributed by atoms with E-state index in [9.17, 15) is 9.59 Å². The van der Waals surface area contributed by atoms with E-state index in [1.807, 2.05) is 0 Å². The van der Waals surface area contributed by atoms with E-state index >= 15 is 0 Å². The fourth-order valence-corrected chi connectivity index (χ4v) is 4.24. The molecule has 2 aliphatic rings. The highest BCUT2D eigenvalue weighted by Crippen LogP contribution is 2.36. The third-order valence-corrected chi connectivity index (χ3v) is 5.88. The van der Waals surface area contributed by atoms with Gasteiger partial charge in [-0.15, -0.1) is 0 Å². The number of benzene rings is 1. The second-order valence-electron chi connectivity index (χ2n) is 7.24. The molecule has 4 rings (SSSR count). The summed E-state index contributed by atoms with van der Waals surface area (Å²) in [6, 6.07) is 5.32. The minimum absolute atomic E-state index is 0.0744. The lowest BCUT2D eigenvalue weighted by Gasteiger charge is -2.37. The van der Waals surface area contributed by atoms with Crippen molar-refractivity contribution in [3.8, 4) is 11.5 Å². The van der Waals surface area contributed by atoms with E-state index in [-0.39, 0.29) is 23.7 Å². The minimum Gasteiger partial charge on any atom is -0.497 e. The van der Waals surface area contributed by atoms with Crippen LogP contribution in [0.1, 0.15) is 40.1 Å². The van der Waals surface area contributed by atoms with E-state index in [0.717, 1.165) is 12.8 Å². The number of piperidine rings is 1. The van der Waals surface area contributed by atoms with Crippen molar-refractivity contribution in [1.29, 1.82) is 0 Å². The van der Waals surface area contributed by atoms with Crippen LogP contribution in [0.2, 0.25) is 5.02 Å². The first kappa shape index (κ1) is 18.8. The van der Waals surface area contributed by atoms with Crippen molar-refractivity contribution in [1.82, 2.24) is 14.7 Å². The van der Waals surface area contributed by atoms with Gasteiger partial charge in [-0.1, -0.05) is 11.6 Å². The van der Waals surface area contributed by atoms with E-state index in [2.05, 4.69) is 5.10 Å². The zero-order chi connectivity index (χ0) is 19.8. The Morgan fingerprint density at radius 2 is 2.07 bits per heavy atom. The minimum atomic E-state index is -0.161. The summed E-state index contributed by atoms with van der Waals surface area (Å²) >= 11 is 6.10. The summed E-state index contributed by atoms with van der Waals surface area (Å²) in [7, 11) is 3.28. The predicted molar refractivity (Wildman–Crippen MR) is 103 cm³/mol. The number of ketones is 1. The van der Waals surface area contributed by atoms with Crippen LogP contribution in [0.4, 0.5) is 0 Å². The van der Waals surface area contributed by atoms with E-state index in [0.29, 0.717) is 47.3 Å². The molecule has 148 valence electrons. The van der Waals surface area contributed by atoms with E-state index in [1.165, 1.54) is 10.9 Å². The molecule has 0 bridgehead atoms. The van der Waals surface area contributed by atoms with Gasteiger partial charge in [0.15, 0.2) is 5.78 Å². The lowest BCUT2D eigenvalue weighted by atomic mass is 9.86. The first-order valence-corrected chi connectivity index (χ1v) is 9.70. The Balaban J connectivity index is 1.41. The van der Waals surface area contributed by atoms with E-state index in [4.69, 9.17) is 21.1 Å². The number of aryl methyl sites for hydroxylation is 1. The fraction of sp³-hybridized carbons (Fsp3) is 0.450. The Bertz CT molecular complexity index is 899. The fourth-order valence-electron chi connectivity index (χ4n) is 3.99. The van der Waals surface area contributed by atoms with Gasteiger partial charge < -0.3 is 14.4 Å². The Morgan fingerprint density at radius 1 is 1.32 bits per heavy atom. The number of carbonyl (C=O) groups excluding carboxylic acids is 2. The van der Waals surface area contributed by atoms with Gasteiger partial charge in [0.2, 0.25) is 0 Å². The zero-order valence-corrected chi connectivity index (χ0v) is 16.6. The van der Waals surface area contributed by atoms with Crippen molar-refractivity contribution < 1.29 is 19.1 Å². The second kappa shape index (κ2) is 7.47. The Labute approximate surface area is 168 Å². The lowest BCUT2D eigenvalue weighted by Crippen LogP contribution is -2.44. The van der Waals surface area contributed by atoms with Crippen LogP contribution in [0.15, 0.2) is 24.4 Å². The van der Waals surface area contributed by atoms with Crippen LogP contribution in [0, 0.1) is 5.92 Å². The van der Waals surface area contributed by atoms with E-state index in [1.54, 1.807) is 37.3 Å². The molecule has 0 radical (unpaired) electrons. The van der Waals surface area contributed by atoms with Crippen LogP contribution in [0.5, 0.6) is 11.5 Å². The van der Waals surface area contributed by atoms with E-state index < -0.39 is 0 Å². The van der Waals surface area contributed by atoms with Gasteiger partial charge in [0.1, 0.15) is 23.3 Å². The Hall–Kier alpha value is -2.54. The molecular formula is C20H22ClN3O4. The highest BCUT2D eigenvalue weighted by molar-refractivity contribution is 6.33. The van der Waals surface area contributed by atoms with Crippen molar-refractivity contribution in [3.05, 3.63) is 40.7 Å². The summed E-state index contributed by atoms with van der Waals surface area (Å²) in [4.78, 5) is 27.1. The lowest BCUT2D eigenvalue weighted by molar-refractivity contribution is 0.0446. The third kappa shape index (κ3) is 3.35. The van der Waals surface area contributed by atoms with Crippen LogP contribution in [0.3, 0.4) is 0 Å². The molecule has 7 nitrogen and oxygen atoms in total. The number of nitrogens with zero attached hydrogens (tertiary/aromatic N) is 3. The normalized spacial score (nSPS) is 19.9.